The minimum Gasteiger partial charge on any atom is -0.481 e. The van der Waals surface area contributed by atoms with Gasteiger partial charge in [-0.05, 0) is 49.9 Å². The van der Waals surface area contributed by atoms with Crippen LogP contribution in [0.2, 0.25) is 0 Å². The number of rotatable bonds is 4. The van der Waals surface area contributed by atoms with Crippen molar-refractivity contribution in [1.82, 2.24) is 5.32 Å². The summed E-state index contributed by atoms with van der Waals surface area (Å²) in [5, 5.41) is 14.2. The Morgan fingerprint density at radius 3 is 2.60 bits per heavy atom. The number of amides is 2. The number of carboxylic acid groups (broad SMARTS) is 1. The normalized spacial score (nSPS) is 16.1. The Labute approximate surface area is 116 Å². The SMILES string of the molecule is Cc1cc(F)ccc1NC(=O)NC1(CC(=O)O)CCC1. The topological polar surface area (TPSA) is 78.4 Å². The molecule has 0 bridgehead atoms. The molecule has 1 saturated carbocycles. The number of hydrogen-bond donors (Lipinski definition) is 3. The first-order valence-corrected chi connectivity index (χ1v) is 6.47. The molecule has 1 aliphatic carbocycles. The summed E-state index contributed by atoms with van der Waals surface area (Å²) in [6, 6.07) is 3.61. The van der Waals surface area contributed by atoms with Crippen LogP contribution in [0.5, 0.6) is 0 Å². The Bertz CT molecular complexity index is 541. The van der Waals surface area contributed by atoms with E-state index in [1.165, 1.54) is 18.2 Å². The molecule has 0 aromatic heterocycles. The number of carbonyl (C=O) groups is 2. The van der Waals surface area contributed by atoms with E-state index in [0.717, 1.165) is 6.42 Å². The van der Waals surface area contributed by atoms with Crippen molar-refractivity contribution < 1.29 is 19.1 Å². The maximum Gasteiger partial charge on any atom is 0.319 e. The molecular formula is C14H17FN2O3. The second kappa shape index (κ2) is 5.48. The van der Waals surface area contributed by atoms with Gasteiger partial charge in [0.25, 0.3) is 0 Å². The standard InChI is InChI=1S/C14H17FN2O3/c1-9-7-10(15)3-4-11(9)16-13(20)17-14(5-2-6-14)8-12(18)19/h3-4,7H,2,5-6,8H2,1H3,(H,18,19)(H2,16,17,20). The summed E-state index contributed by atoms with van der Waals surface area (Å²) in [7, 11) is 0. The predicted octanol–water partition coefficient (Wildman–Crippen LogP) is 2.65. The second-order valence-electron chi connectivity index (χ2n) is 5.24. The highest BCUT2D eigenvalue weighted by molar-refractivity contribution is 5.91. The maximum atomic E-state index is 13.0. The van der Waals surface area contributed by atoms with Crippen LogP contribution < -0.4 is 10.6 Å². The summed E-state index contributed by atoms with van der Waals surface area (Å²) in [6.07, 6.45) is 2.15. The fourth-order valence-electron chi connectivity index (χ4n) is 2.40. The quantitative estimate of drug-likeness (QED) is 0.793. The van der Waals surface area contributed by atoms with Crippen molar-refractivity contribution in [3.63, 3.8) is 0 Å². The number of anilines is 1. The highest BCUT2D eigenvalue weighted by Crippen LogP contribution is 2.35. The Hall–Kier alpha value is -2.11. The van der Waals surface area contributed by atoms with Gasteiger partial charge in [-0.3, -0.25) is 4.79 Å². The van der Waals surface area contributed by atoms with Gasteiger partial charge in [0, 0.05) is 5.69 Å². The average molecular weight is 280 g/mol. The van der Waals surface area contributed by atoms with E-state index in [9.17, 15) is 14.0 Å². The lowest BCUT2D eigenvalue weighted by Gasteiger charge is -2.41. The van der Waals surface area contributed by atoms with Gasteiger partial charge >= 0.3 is 12.0 Å². The number of nitrogens with one attached hydrogen (secondary N) is 2. The Morgan fingerprint density at radius 2 is 2.10 bits per heavy atom. The van der Waals surface area contributed by atoms with Crippen LogP contribution in [0.25, 0.3) is 0 Å². The van der Waals surface area contributed by atoms with Gasteiger partial charge in [-0.15, -0.1) is 0 Å². The van der Waals surface area contributed by atoms with Gasteiger partial charge in [-0.2, -0.15) is 0 Å². The summed E-state index contributed by atoms with van der Waals surface area (Å²) >= 11 is 0. The molecule has 0 aliphatic heterocycles. The Morgan fingerprint density at radius 1 is 1.40 bits per heavy atom. The van der Waals surface area contributed by atoms with Crippen molar-refractivity contribution in [2.24, 2.45) is 0 Å². The molecule has 0 spiro atoms. The molecule has 6 heteroatoms. The molecule has 1 aliphatic rings. The van der Waals surface area contributed by atoms with Crippen LogP contribution >= 0.6 is 0 Å². The lowest BCUT2D eigenvalue weighted by molar-refractivity contribution is -0.139. The summed E-state index contributed by atoms with van der Waals surface area (Å²) in [5.74, 6) is -1.29. The number of aliphatic carboxylic acids is 1. The number of hydrogen-bond acceptors (Lipinski definition) is 2. The number of aryl methyl sites for hydroxylation is 1. The molecule has 20 heavy (non-hydrogen) atoms. The maximum absolute atomic E-state index is 13.0. The van der Waals surface area contributed by atoms with Crippen LogP contribution in [0, 0.1) is 12.7 Å². The number of urea groups is 1. The van der Waals surface area contributed by atoms with Crippen molar-refractivity contribution in [1.29, 1.82) is 0 Å². The third-order valence-corrected chi connectivity index (χ3v) is 3.62. The van der Waals surface area contributed by atoms with E-state index in [2.05, 4.69) is 10.6 Å². The fourth-order valence-corrected chi connectivity index (χ4v) is 2.40. The summed E-state index contributed by atoms with van der Waals surface area (Å²) in [6.45, 7) is 1.69. The molecule has 0 radical (unpaired) electrons. The Balaban J connectivity index is 1.99. The fraction of sp³-hybridized carbons (Fsp3) is 0.429. The minimum absolute atomic E-state index is 0.0805. The van der Waals surface area contributed by atoms with Crippen molar-refractivity contribution in [3.8, 4) is 0 Å². The first kappa shape index (κ1) is 14.3. The molecule has 1 fully saturated rings. The number of carboxylic acids is 1. The van der Waals surface area contributed by atoms with Crippen molar-refractivity contribution in [2.75, 3.05) is 5.32 Å². The average Bonchev–Trinajstić information content (AvgIpc) is 2.29. The first-order chi connectivity index (χ1) is 9.40. The van der Waals surface area contributed by atoms with Crippen molar-refractivity contribution in [2.45, 2.75) is 38.1 Å². The zero-order valence-electron chi connectivity index (χ0n) is 11.2. The zero-order chi connectivity index (χ0) is 14.8. The lowest BCUT2D eigenvalue weighted by Crippen LogP contribution is -2.55. The summed E-state index contributed by atoms with van der Waals surface area (Å²) < 4.78 is 13.0. The summed E-state index contributed by atoms with van der Waals surface area (Å²) in [5.41, 5.74) is 0.471. The highest BCUT2D eigenvalue weighted by Gasteiger charge is 2.40. The smallest absolute Gasteiger partial charge is 0.319 e. The molecule has 108 valence electrons. The highest BCUT2D eigenvalue weighted by atomic mass is 19.1. The molecule has 2 amide bonds. The number of halogens is 1. The van der Waals surface area contributed by atoms with E-state index in [1.54, 1.807) is 6.92 Å². The lowest BCUT2D eigenvalue weighted by atomic mass is 9.74. The van der Waals surface area contributed by atoms with Gasteiger partial charge in [-0.1, -0.05) is 0 Å². The Kier molecular flexibility index (Phi) is 3.92. The van der Waals surface area contributed by atoms with Crippen LogP contribution in [-0.4, -0.2) is 22.6 Å². The van der Waals surface area contributed by atoms with Crippen LogP contribution in [0.4, 0.5) is 14.9 Å². The third-order valence-electron chi connectivity index (χ3n) is 3.62. The molecule has 0 unspecified atom stereocenters. The number of benzene rings is 1. The van der Waals surface area contributed by atoms with E-state index in [0.29, 0.717) is 24.1 Å². The third kappa shape index (κ3) is 3.26. The zero-order valence-corrected chi connectivity index (χ0v) is 11.2. The molecule has 0 saturated heterocycles. The van der Waals surface area contributed by atoms with E-state index in [-0.39, 0.29) is 12.2 Å². The molecule has 1 aromatic rings. The van der Waals surface area contributed by atoms with Gasteiger partial charge in [0.05, 0.1) is 12.0 Å². The first-order valence-electron chi connectivity index (χ1n) is 6.47. The van der Waals surface area contributed by atoms with Gasteiger partial charge < -0.3 is 15.7 Å². The molecule has 5 nitrogen and oxygen atoms in total. The molecular weight excluding hydrogens is 263 g/mol. The predicted molar refractivity (Wildman–Crippen MR) is 72.1 cm³/mol. The molecule has 0 atom stereocenters. The van der Waals surface area contributed by atoms with Crippen molar-refractivity contribution >= 4 is 17.7 Å². The minimum atomic E-state index is -0.928. The van der Waals surface area contributed by atoms with Crippen LogP contribution in [0.3, 0.4) is 0 Å². The molecule has 1 aromatic carbocycles. The largest absolute Gasteiger partial charge is 0.481 e. The van der Waals surface area contributed by atoms with Gasteiger partial charge in [0.1, 0.15) is 5.82 Å². The van der Waals surface area contributed by atoms with E-state index >= 15 is 0 Å². The van der Waals surface area contributed by atoms with Crippen LogP contribution in [0.1, 0.15) is 31.2 Å². The monoisotopic (exact) mass is 280 g/mol. The van der Waals surface area contributed by atoms with Gasteiger partial charge in [-0.25, -0.2) is 9.18 Å². The van der Waals surface area contributed by atoms with E-state index in [4.69, 9.17) is 5.11 Å². The van der Waals surface area contributed by atoms with Gasteiger partial charge in [0.2, 0.25) is 0 Å². The van der Waals surface area contributed by atoms with Crippen LogP contribution in [-0.2, 0) is 4.79 Å². The van der Waals surface area contributed by atoms with Crippen molar-refractivity contribution in [3.05, 3.63) is 29.6 Å². The van der Waals surface area contributed by atoms with E-state index < -0.39 is 17.5 Å². The molecule has 3 N–H and O–H groups in total. The number of carbonyl (C=O) groups excluding carboxylic acids is 1. The van der Waals surface area contributed by atoms with Crippen LogP contribution in [0.15, 0.2) is 18.2 Å². The summed E-state index contributed by atoms with van der Waals surface area (Å²) in [4.78, 5) is 22.8. The molecule has 2 rings (SSSR count). The van der Waals surface area contributed by atoms with Gasteiger partial charge in [0.15, 0.2) is 0 Å². The molecule has 0 heterocycles. The second-order valence-corrected chi connectivity index (χ2v) is 5.24. The van der Waals surface area contributed by atoms with E-state index in [1.807, 2.05) is 0 Å².